The molecule has 2 atom stereocenters. The summed E-state index contributed by atoms with van der Waals surface area (Å²) in [4.78, 5) is 31.8. The molecule has 41 heavy (non-hydrogen) atoms. The predicted molar refractivity (Wildman–Crippen MR) is 143 cm³/mol. The van der Waals surface area contributed by atoms with Crippen molar-refractivity contribution in [1.82, 2.24) is 25.3 Å². The van der Waals surface area contributed by atoms with Gasteiger partial charge in [-0.05, 0) is 55.2 Å². The van der Waals surface area contributed by atoms with Crippen LogP contribution < -0.4 is 10.2 Å². The Morgan fingerprint density at radius 3 is 2.51 bits per heavy atom. The van der Waals surface area contributed by atoms with Gasteiger partial charge in [0.05, 0.1) is 35.6 Å². The fourth-order valence-electron chi connectivity index (χ4n) is 5.87. The highest BCUT2D eigenvalue weighted by atomic mass is 19.4. The van der Waals surface area contributed by atoms with Crippen molar-refractivity contribution in [2.24, 2.45) is 5.92 Å². The summed E-state index contributed by atoms with van der Waals surface area (Å²) in [6.45, 7) is 4.53. The Hall–Kier alpha value is -3.71. The molecule has 0 radical (unpaired) electrons. The van der Waals surface area contributed by atoms with Crippen molar-refractivity contribution in [1.29, 1.82) is 0 Å². The maximum absolute atomic E-state index is 14.4. The molecule has 2 amide bonds. The molecule has 1 spiro atoms. The third kappa shape index (κ3) is 5.23. The third-order valence-corrected chi connectivity index (χ3v) is 8.23. The number of amides is 2. The van der Waals surface area contributed by atoms with Gasteiger partial charge in [0, 0.05) is 31.2 Å². The maximum Gasteiger partial charge on any atom is 0.416 e. The molecular formula is C28H32F4N6O3. The molecule has 0 bridgehead atoms. The number of aliphatic hydroxyl groups is 1. The van der Waals surface area contributed by atoms with Gasteiger partial charge in [-0.3, -0.25) is 19.6 Å². The number of likely N-dealkylation sites (tertiary alicyclic amines) is 1. The van der Waals surface area contributed by atoms with E-state index in [-0.39, 0.29) is 11.8 Å². The summed E-state index contributed by atoms with van der Waals surface area (Å²) < 4.78 is 53.8. The first kappa shape index (κ1) is 28.8. The molecule has 2 saturated heterocycles. The fraction of sp³-hybridized carbons (Fsp3) is 0.464. The number of likely N-dealkylation sites (N-methyl/N-ethyl adjacent to an activating group) is 1. The van der Waals surface area contributed by atoms with E-state index in [1.807, 2.05) is 18.2 Å². The number of carbonyl (C=O) groups is 2. The third-order valence-electron chi connectivity index (χ3n) is 8.23. The van der Waals surface area contributed by atoms with Gasteiger partial charge in [-0.2, -0.15) is 18.3 Å². The number of nitrogens with zero attached hydrogens (tertiary/aromatic N) is 4. The first-order chi connectivity index (χ1) is 19.3. The molecule has 5 rings (SSSR count). The summed E-state index contributed by atoms with van der Waals surface area (Å²) in [5.74, 6) is -2.50. The monoisotopic (exact) mass is 576 g/mol. The quantitative estimate of drug-likeness (QED) is 0.388. The lowest BCUT2D eigenvalue weighted by Crippen LogP contribution is -2.61. The number of carbonyl (C=O) groups excluding carboxylic acids is 2. The van der Waals surface area contributed by atoms with Gasteiger partial charge >= 0.3 is 6.18 Å². The highest BCUT2D eigenvalue weighted by molar-refractivity contribution is 5.95. The minimum Gasteiger partial charge on any atom is -0.376 e. The van der Waals surface area contributed by atoms with Gasteiger partial charge in [0.15, 0.2) is 0 Å². The molecule has 3 heterocycles. The van der Waals surface area contributed by atoms with Crippen LogP contribution >= 0.6 is 0 Å². The Balaban J connectivity index is 1.32. The first-order valence-electron chi connectivity index (χ1n) is 13.4. The average Bonchev–Trinajstić information content (AvgIpc) is 3.49. The minimum absolute atomic E-state index is 0.0207. The number of nitrogens with one attached hydrogen (secondary N) is 2. The van der Waals surface area contributed by atoms with E-state index in [1.165, 1.54) is 0 Å². The summed E-state index contributed by atoms with van der Waals surface area (Å²) in [5, 5.41) is 21.7. The fourth-order valence-corrected chi connectivity index (χ4v) is 5.87. The van der Waals surface area contributed by atoms with E-state index < -0.39 is 46.8 Å². The van der Waals surface area contributed by atoms with Crippen molar-refractivity contribution in [3.63, 3.8) is 0 Å². The molecule has 1 aromatic heterocycles. The van der Waals surface area contributed by atoms with E-state index in [4.69, 9.17) is 0 Å². The number of aliphatic hydroxyl groups excluding tert-OH is 1. The zero-order chi connectivity index (χ0) is 29.7. The summed E-state index contributed by atoms with van der Waals surface area (Å²) in [6, 6.07) is 6.56. The molecular weight excluding hydrogens is 544 g/mol. The van der Waals surface area contributed by atoms with E-state index >= 15 is 0 Å². The number of aromatic amines is 1. The van der Waals surface area contributed by atoms with Gasteiger partial charge in [0.2, 0.25) is 5.91 Å². The molecule has 9 nitrogen and oxygen atoms in total. The molecule has 0 aliphatic carbocycles. The number of piperidine rings is 1. The van der Waals surface area contributed by atoms with Crippen LogP contribution in [0.5, 0.6) is 0 Å². The van der Waals surface area contributed by atoms with Crippen molar-refractivity contribution in [2.75, 3.05) is 31.7 Å². The summed E-state index contributed by atoms with van der Waals surface area (Å²) >= 11 is 0. The topological polar surface area (TPSA) is 105 Å². The van der Waals surface area contributed by atoms with Crippen LogP contribution in [0.4, 0.5) is 23.2 Å². The Morgan fingerprint density at radius 2 is 1.85 bits per heavy atom. The molecule has 2 aromatic carbocycles. The molecule has 2 aliphatic rings. The normalized spacial score (nSPS) is 19.4. The number of hydrogen-bond acceptors (Lipinski definition) is 6. The molecule has 3 aromatic rings. The minimum atomic E-state index is -4.74. The molecule has 220 valence electrons. The van der Waals surface area contributed by atoms with Gasteiger partial charge in [0.25, 0.3) is 5.91 Å². The van der Waals surface area contributed by atoms with Crippen molar-refractivity contribution in [3.8, 4) is 0 Å². The Bertz CT molecular complexity index is 1450. The molecule has 0 saturated carbocycles. The molecule has 13 heteroatoms. The van der Waals surface area contributed by atoms with Gasteiger partial charge in [-0.25, -0.2) is 4.39 Å². The number of benzene rings is 2. The number of H-pyrrole nitrogens is 1. The van der Waals surface area contributed by atoms with E-state index in [2.05, 4.69) is 20.4 Å². The second kappa shape index (κ2) is 10.6. The lowest BCUT2D eigenvalue weighted by Gasteiger charge is -2.46. The van der Waals surface area contributed by atoms with Crippen LogP contribution in [-0.2, 0) is 11.0 Å². The number of rotatable bonds is 6. The lowest BCUT2D eigenvalue weighted by atomic mass is 9.84. The maximum atomic E-state index is 14.4. The van der Waals surface area contributed by atoms with Crippen LogP contribution in [-0.4, -0.2) is 81.5 Å². The number of hydrogen-bond donors (Lipinski definition) is 3. The first-order valence-corrected chi connectivity index (χ1v) is 13.4. The van der Waals surface area contributed by atoms with Crippen molar-refractivity contribution < 1.29 is 32.3 Å². The van der Waals surface area contributed by atoms with Crippen LogP contribution in [0, 0.1) is 11.7 Å². The highest BCUT2D eigenvalue weighted by Gasteiger charge is 2.53. The SMILES string of the molecule is CC(C)[C@@H](NC(=O)c1cc(C(F)(F)F)ccc1F)C(O)N1CCC2(CC1)C(=O)N(C)CN2c1ccc2[nH]ncc2c1. The number of alkyl halides is 3. The summed E-state index contributed by atoms with van der Waals surface area (Å²) in [7, 11) is 1.75. The predicted octanol–water partition coefficient (Wildman–Crippen LogP) is 3.56. The Morgan fingerprint density at radius 1 is 1.15 bits per heavy atom. The zero-order valence-electron chi connectivity index (χ0n) is 22.9. The van der Waals surface area contributed by atoms with Crippen molar-refractivity contribution >= 4 is 28.4 Å². The Labute approximate surface area is 234 Å². The number of fused-ring (bicyclic) bond motifs is 1. The molecule has 1 unspecified atom stereocenters. The molecule has 2 aliphatic heterocycles. The van der Waals surface area contributed by atoms with Crippen LogP contribution in [0.25, 0.3) is 10.9 Å². The average molecular weight is 577 g/mol. The summed E-state index contributed by atoms with van der Waals surface area (Å²) in [6.07, 6.45) is -3.43. The zero-order valence-corrected chi connectivity index (χ0v) is 22.9. The number of aromatic nitrogens is 2. The van der Waals surface area contributed by atoms with Gasteiger partial charge in [-0.1, -0.05) is 13.8 Å². The van der Waals surface area contributed by atoms with Gasteiger partial charge in [-0.15, -0.1) is 0 Å². The van der Waals surface area contributed by atoms with Crippen LogP contribution in [0.15, 0.2) is 42.6 Å². The second-order valence-electron chi connectivity index (χ2n) is 11.1. The number of halogens is 4. The van der Waals surface area contributed by atoms with Crippen molar-refractivity contribution in [2.45, 2.75) is 50.7 Å². The van der Waals surface area contributed by atoms with E-state index in [0.29, 0.717) is 50.8 Å². The van der Waals surface area contributed by atoms with Crippen LogP contribution in [0.2, 0.25) is 0 Å². The Kier molecular flexibility index (Phi) is 7.45. The second-order valence-corrected chi connectivity index (χ2v) is 11.1. The molecule has 2 fully saturated rings. The number of anilines is 1. The van der Waals surface area contributed by atoms with Crippen LogP contribution in [0.1, 0.15) is 42.6 Å². The van der Waals surface area contributed by atoms with Gasteiger partial charge in [0.1, 0.15) is 17.6 Å². The lowest BCUT2D eigenvalue weighted by molar-refractivity contribution is -0.137. The van der Waals surface area contributed by atoms with Crippen molar-refractivity contribution in [3.05, 3.63) is 59.5 Å². The molecule has 3 N–H and O–H groups in total. The largest absolute Gasteiger partial charge is 0.416 e. The highest BCUT2D eigenvalue weighted by Crippen LogP contribution is 2.40. The van der Waals surface area contributed by atoms with E-state index in [9.17, 15) is 32.3 Å². The standard InChI is InChI=1S/C28H32F4N6O3/c1-16(2)23(34-24(39)20-13-18(28(30,31)32)4-6-21(20)29)25(40)37-10-8-27(9-11-37)26(41)36(3)15-38(27)19-5-7-22-17(12-19)14-33-35-22/h4-7,12-14,16,23,25,40H,8-11,15H2,1-3H3,(H,33,35)(H,34,39)/t23-,25?/m1/s1. The van der Waals surface area contributed by atoms with E-state index in [0.717, 1.165) is 16.6 Å². The van der Waals surface area contributed by atoms with Crippen LogP contribution in [0.3, 0.4) is 0 Å². The summed E-state index contributed by atoms with van der Waals surface area (Å²) in [5.41, 5.74) is -0.956. The smallest absolute Gasteiger partial charge is 0.376 e. The van der Waals surface area contributed by atoms with E-state index in [1.54, 1.807) is 36.9 Å². The van der Waals surface area contributed by atoms with Gasteiger partial charge < -0.3 is 20.2 Å².